The van der Waals surface area contributed by atoms with E-state index in [-0.39, 0.29) is 11.3 Å². The molecule has 3 rings (SSSR count). The predicted molar refractivity (Wildman–Crippen MR) is 100 cm³/mol. The van der Waals surface area contributed by atoms with Gasteiger partial charge in [0.15, 0.2) is 0 Å². The molecular formula is C21H32N2O2. The molecular weight excluding hydrogens is 312 g/mol. The normalized spacial score (nSPS) is 27.6. The number of benzene rings is 1. The topological polar surface area (TPSA) is 50.4 Å². The van der Waals surface area contributed by atoms with Crippen molar-refractivity contribution in [2.75, 3.05) is 13.2 Å². The summed E-state index contributed by atoms with van der Waals surface area (Å²) in [5.41, 5.74) is 0.919. The zero-order valence-corrected chi connectivity index (χ0v) is 15.6. The van der Waals surface area contributed by atoms with Crippen LogP contribution < -0.4 is 10.6 Å². The molecule has 2 fully saturated rings. The summed E-state index contributed by atoms with van der Waals surface area (Å²) in [7, 11) is 0. The third-order valence-corrected chi connectivity index (χ3v) is 6.10. The lowest BCUT2D eigenvalue weighted by atomic mass is 9.74. The zero-order valence-electron chi connectivity index (χ0n) is 15.6. The van der Waals surface area contributed by atoms with Gasteiger partial charge in [0.1, 0.15) is 0 Å². The predicted octanol–water partition coefficient (Wildman–Crippen LogP) is 3.27. The van der Waals surface area contributed by atoms with Crippen LogP contribution in [0.5, 0.6) is 0 Å². The van der Waals surface area contributed by atoms with Crippen molar-refractivity contribution in [3.05, 3.63) is 35.9 Å². The molecule has 4 nitrogen and oxygen atoms in total. The highest BCUT2D eigenvalue weighted by Gasteiger charge is 2.47. The Morgan fingerprint density at radius 2 is 1.88 bits per heavy atom. The molecule has 0 spiro atoms. The summed E-state index contributed by atoms with van der Waals surface area (Å²) in [6, 6.07) is 11.2. The van der Waals surface area contributed by atoms with Gasteiger partial charge in [-0.3, -0.25) is 4.79 Å². The molecule has 2 aliphatic rings. The van der Waals surface area contributed by atoms with Crippen molar-refractivity contribution in [1.82, 2.24) is 10.6 Å². The van der Waals surface area contributed by atoms with Gasteiger partial charge >= 0.3 is 0 Å². The number of nitrogens with one attached hydrogen (secondary N) is 2. The van der Waals surface area contributed by atoms with Gasteiger partial charge in [0.25, 0.3) is 0 Å². The van der Waals surface area contributed by atoms with E-state index < -0.39 is 0 Å². The quantitative estimate of drug-likeness (QED) is 0.833. The first-order valence-corrected chi connectivity index (χ1v) is 9.76. The maximum Gasteiger partial charge on any atom is 0.226 e. The third-order valence-electron chi connectivity index (χ3n) is 6.10. The highest BCUT2D eigenvalue weighted by Crippen LogP contribution is 2.45. The van der Waals surface area contributed by atoms with Gasteiger partial charge in [-0.15, -0.1) is 0 Å². The molecule has 1 aromatic carbocycles. The number of hydrogen-bond acceptors (Lipinski definition) is 3. The fourth-order valence-electron chi connectivity index (χ4n) is 4.36. The van der Waals surface area contributed by atoms with Crippen molar-refractivity contribution in [3.8, 4) is 0 Å². The Bertz CT molecular complexity index is 554. The van der Waals surface area contributed by atoms with Gasteiger partial charge in [0.05, 0.1) is 5.41 Å². The van der Waals surface area contributed by atoms with Gasteiger partial charge in [-0.1, -0.05) is 44.2 Å². The van der Waals surface area contributed by atoms with Crippen LogP contribution in [0.1, 0.15) is 51.5 Å². The van der Waals surface area contributed by atoms with Crippen LogP contribution >= 0.6 is 0 Å². The van der Waals surface area contributed by atoms with Crippen LogP contribution in [0.2, 0.25) is 0 Å². The molecule has 0 aromatic heterocycles. The highest BCUT2D eigenvalue weighted by molar-refractivity contribution is 5.83. The van der Waals surface area contributed by atoms with E-state index in [1.165, 1.54) is 0 Å². The number of amides is 1. The van der Waals surface area contributed by atoms with E-state index in [1.54, 1.807) is 0 Å². The Morgan fingerprint density at radius 1 is 1.16 bits per heavy atom. The molecule has 0 bridgehead atoms. The van der Waals surface area contributed by atoms with Crippen LogP contribution in [0.15, 0.2) is 30.3 Å². The average molecular weight is 344 g/mol. The van der Waals surface area contributed by atoms with Crippen molar-refractivity contribution in [2.45, 2.75) is 64.6 Å². The molecule has 1 unspecified atom stereocenters. The zero-order chi connectivity index (χ0) is 17.7. The van der Waals surface area contributed by atoms with Crippen LogP contribution in [0.3, 0.4) is 0 Å². The van der Waals surface area contributed by atoms with Gasteiger partial charge < -0.3 is 15.4 Å². The fourth-order valence-corrected chi connectivity index (χ4v) is 4.36. The second-order valence-corrected chi connectivity index (χ2v) is 7.97. The average Bonchev–Trinajstić information content (AvgIpc) is 3.07. The summed E-state index contributed by atoms with van der Waals surface area (Å²) >= 11 is 0. The number of hydrogen-bond donors (Lipinski definition) is 2. The van der Waals surface area contributed by atoms with E-state index in [1.807, 2.05) is 18.2 Å². The van der Waals surface area contributed by atoms with Crippen molar-refractivity contribution in [3.63, 3.8) is 0 Å². The molecule has 1 aliphatic heterocycles. The van der Waals surface area contributed by atoms with Crippen LogP contribution in [-0.2, 0) is 16.1 Å². The lowest BCUT2D eigenvalue weighted by molar-refractivity contribution is -0.133. The third kappa shape index (κ3) is 4.42. The van der Waals surface area contributed by atoms with E-state index in [2.05, 4.69) is 36.6 Å². The molecule has 1 saturated carbocycles. The lowest BCUT2D eigenvalue weighted by Gasteiger charge is -2.33. The minimum atomic E-state index is -0.238. The Labute approximate surface area is 151 Å². The first-order chi connectivity index (χ1) is 12.1. The summed E-state index contributed by atoms with van der Waals surface area (Å²) in [6.07, 6.45) is 5.19. The van der Waals surface area contributed by atoms with Gasteiger partial charge in [0, 0.05) is 31.8 Å². The van der Waals surface area contributed by atoms with Gasteiger partial charge in [-0.25, -0.2) is 0 Å². The molecule has 2 N–H and O–H groups in total. The van der Waals surface area contributed by atoms with E-state index >= 15 is 0 Å². The molecule has 1 saturated heterocycles. The van der Waals surface area contributed by atoms with Crippen LogP contribution in [0, 0.1) is 11.3 Å². The molecule has 1 aromatic rings. The molecule has 1 heterocycles. The molecule has 1 amide bonds. The SMILES string of the molecule is CC(C)[C@]1(C(=O)NCc2ccccc2)CCC(NC2CCOCC2)C1. The fraction of sp³-hybridized carbons (Fsp3) is 0.667. The summed E-state index contributed by atoms with van der Waals surface area (Å²) < 4.78 is 5.45. The first-order valence-electron chi connectivity index (χ1n) is 9.76. The molecule has 4 heteroatoms. The van der Waals surface area contributed by atoms with Crippen molar-refractivity contribution in [2.24, 2.45) is 11.3 Å². The Kier molecular flexibility index (Phi) is 6.13. The number of rotatable bonds is 6. The molecule has 0 radical (unpaired) electrons. The summed E-state index contributed by atoms with van der Waals surface area (Å²) in [5, 5.41) is 7.00. The second kappa shape index (κ2) is 8.33. The van der Waals surface area contributed by atoms with Gasteiger partial charge in [-0.05, 0) is 43.6 Å². The number of carbonyl (C=O) groups is 1. The monoisotopic (exact) mass is 344 g/mol. The van der Waals surface area contributed by atoms with E-state index in [9.17, 15) is 4.79 Å². The number of carbonyl (C=O) groups excluding carboxylic acids is 1. The Hall–Kier alpha value is -1.39. The molecule has 1 aliphatic carbocycles. The minimum Gasteiger partial charge on any atom is -0.381 e. The summed E-state index contributed by atoms with van der Waals surface area (Å²) in [4.78, 5) is 13.1. The van der Waals surface area contributed by atoms with Crippen LogP contribution in [-0.4, -0.2) is 31.2 Å². The smallest absolute Gasteiger partial charge is 0.226 e. The van der Waals surface area contributed by atoms with Crippen molar-refractivity contribution in [1.29, 1.82) is 0 Å². The lowest BCUT2D eigenvalue weighted by Crippen LogP contribution is -2.45. The molecule has 2 atom stereocenters. The first kappa shape index (κ1) is 18.4. The summed E-state index contributed by atoms with van der Waals surface area (Å²) in [5.74, 6) is 0.576. The van der Waals surface area contributed by atoms with E-state index in [4.69, 9.17) is 4.74 Å². The van der Waals surface area contributed by atoms with Crippen molar-refractivity contribution >= 4 is 5.91 Å². The second-order valence-electron chi connectivity index (χ2n) is 7.97. The van der Waals surface area contributed by atoms with Crippen LogP contribution in [0.4, 0.5) is 0 Å². The maximum atomic E-state index is 13.1. The largest absolute Gasteiger partial charge is 0.381 e. The molecule has 138 valence electrons. The van der Waals surface area contributed by atoms with Crippen molar-refractivity contribution < 1.29 is 9.53 Å². The Balaban J connectivity index is 1.58. The Morgan fingerprint density at radius 3 is 2.56 bits per heavy atom. The highest BCUT2D eigenvalue weighted by atomic mass is 16.5. The van der Waals surface area contributed by atoms with Crippen LogP contribution in [0.25, 0.3) is 0 Å². The number of ether oxygens (including phenoxy) is 1. The maximum absolute atomic E-state index is 13.1. The van der Waals surface area contributed by atoms with E-state index in [0.717, 1.165) is 50.9 Å². The summed E-state index contributed by atoms with van der Waals surface area (Å²) in [6.45, 7) is 6.72. The standard InChI is InChI=1S/C21H32N2O2/c1-16(2)21(20(24)22-15-17-6-4-3-5-7-17)11-8-19(14-21)23-18-9-12-25-13-10-18/h3-7,16,18-19,23H,8-15H2,1-2H3,(H,22,24)/t19?,21-/m0/s1. The molecule has 25 heavy (non-hydrogen) atoms. The van der Waals surface area contributed by atoms with E-state index in [0.29, 0.717) is 24.5 Å². The minimum absolute atomic E-state index is 0.225. The van der Waals surface area contributed by atoms with Gasteiger partial charge in [-0.2, -0.15) is 0 Å². The van der Waals surface area contributed by atoms with Gasteiger partial charge in [0.2, 0.25) is 5.91 Å².